The number of aromatic nitrogens is 2. The second kappa shape index (κ2) is 8.23. The van der Waals surface area contributed by atoms with Crippen molar-refractivity contribution in [3.63, 3.8) is 0 Å². The molecule has 1 aromatic heterocycles. The lowest BCUT2D eigenvalue weighted by molar-refractivity contribution is -0.142. The van der Waals surface area contributed by atoms with Gasteiger partial charge in [0.2, 0.25) is 5.91 Å². The molecule has 2 heterocycles. The predicted octanol–water partition coefficient (Wildman–Crippen LogP) is 4.26. The number of nitrogens with one attached hydrogen (secondary N) is 1. The maximum absolute atomic E-state index is 13.3. The lowest BCUT2D eigenvalue weighted by Crippen LogP contribution is -2.43. The second-order valence-corrected chi connectivity index (χ2v) is 8.29. The van der Waals surface area contributed by atoms with Gasteiger partial charge in [-0.25, -0.2) is 0 Å². The van der Waals surface area contributed by atoms with Crippen LogP contribution in [0.15, 0.2) is 24.3 Å². The molecule has 2 aromatic rings. The summed E-state index contributed by atoms with van der Waals surface area (Å²) in [6, 6.07) is 7.32. The molecular formula is C21H23ClF3N3O2. The zero-order chi connectivity index (χ0) is 21.4. The van der Waals surface area contributed by atoms with Crippen molar-refractivity contribution in [1.82, 2.24) is 15.1 Å². The van der Waals surface area contributed by atoms with Crippen molar-refractivity contribution < 1.29 is 22.7 Å². The molecule has 1 aliphatic carbocycles. The lowest BCUT2D eigenvalue weighted by Gasteiger charge is -2.28. The van der Waals surface area contributed by atoms with Crippen molar-refractivity contribution in [2.45, 2.75) is 56.8 Å². The van der Waals surface area contributed by atoms with Gasteiger partial charge in [-0.2, -0.15) is 18.3 Å². The van der Waals surface area contributed by atoms with E-state index in [2.05, 4.69) is 10.4 Å². The molecule has 1 fully saturated rings. The molecule has 1 saturated carbocycles. The summed E-state index contributed by atoms with van der Waals surface area (Å²) in [5.74, 6) is -0.0947. The number of nitrogens with zero attached hydrogens (tertiary/aromatic N) is 2. The van der Waals surface area contributed by atoms with Gasteiger partial charge >= 0.3 is 6.18 Å². The maximum Gasteiger partial charge on any atom is 0.435 e. The van der Waals surface area contributed by atoms with Crippen molar-refractivity contribution in [3.05, 3.63) is 51.8 Å². The van der Waals surface area contributed by atoms with Crippen LogP contribution in [0, 0.1) is 0 Å². The summed E-state index contributed by atoms with van der Waals surface area (Å²) in [4.78, 5) is 13.1. The molecule has 0 spiro atoms. The largest absolute Gasteiger partial charge is 0.435 e. The van der Waals surface area contributed by atoms with Crippen LogP contribution in [0.5, 0.6) is 0 Å². The van der Waals surface area contributed by atoms with E-state index >= 15 is 0 Å². The summed E-state index contributed by atoms with van der Waals surface area (Å²) in [6.45, 7) is 0.666. The Hall–Kier alpha value is -2.06. The average molecular weight is 442 g/mol. The molecule has 5 nitrogen and oxygen atoms in total. The number of fused-ring (bicyclic) bond motifs is 1. The first-order valence-electron chi connectivity index (χ1n) is 10.1. The summed E-state index contributed by atoms with van der Waals surface area (Å²) < 4.78 is 46.5. The van der Waals surface area contributed by atoms with Crippen LogP contribution in [0.3, 0.4) is 0 Å². The smallest absolute Gasteiger partial charge is 0.376 e. The van der Waals surface area contributed by atoms with Crippen LogP contribution in [-0.2, 0) is 40.7 Å². The number of halogens is 4. The third kappa shape index (κ3) is 3.95. The molecule has 4 rings (SSSR count). The highest BCUT2D eigenvalue weighted by Crippen LogP contribution is 2.41. The van der Waals surface area contributed by atoms with Crippen molar-refractivity contribution >= 4 is 17.5 Å². The molecule has 1 N–H and O–H groups in total. The monoisotopic (exact) mass is 441 g/mol. The number of alkyl halides is 3. The van der Waals surface area contributed by atoms with Gasteiger partial charge < -0.3 is 10.1 Å². The number of carbonyl (C=O) groups excluding carboxylic acids is 1. The van der Waals surface area contributed by atoms with Crippen LogP contribution in [0.25, 0.3) is 0 Å². The van der Waals surface area contributed by atoms with Crippen LogP contribution >= 0.6 is 11.6 Å². The SMILES string of the molecule is O=C(NCCn1nc(C(F)(F)F)c2c1CCOC2)C1(c2ccc(Cl)cc2)CCCC1. The fourth-order valence-electron chi connectivity index (χ4n) is 4.56. The second-order valence-electron chi connectivity index (χ2n) is 7.85. The highest BCUT2D eigenvalue weighted by molar-refractivity contribution is 6.30. The average Bonchev–Trinajstić information content (AvgIpc) is 3.35. The van der Waals surface area contributed by atoms with E-state index < -0.39 is 17.3 Å². The van der Waals surface area contributed by atoms with Crippen LogP contribution in [0.4, 0.5) is 13.2 Å². The Morgan fingerprint density at radius 1 is 1.23 bits per heavy atom. The van der Waals surface area contributed by atoms with Gasteiger partial charge in [-0.05, 0) is 30.5 Å². The van der Waals surface area contributed by atoms with Gasteiger partial charge in [0.15, 0.2) is 5.69 Å². The highest BCUT2D eigenvalue weighted by atomic mass is 35.5. The Morgan fingerprint density at radius 2 is 1.93 bits per heavy atom. The van der Waals surface area contributed by atoms with Gasteiger partial charge in [-0.15, -0.1) is 0 Å². The Balaban J connectivity index is 1.48. The third-order valence-electron chi connectivity index (χ3n) is 6.06. The number of benzene rings is 1. The van der Waals surface area contributed by atoms with Crippen molar-refractivity contribution in [3.8, 4) is 0 Å². The Labute approximate surface area is 177 Å². The first-order chi connectivity index (χ1) is 14.3. The van der Waals surface area contributed by atoms with Gasteiger partial charge in [0, 0.05) is 29.2 Å². The number of ether oxygens (including phenoxy) is 1. The van der Waals surface area contributed by atoms with E-state index in [0.29, 0.717) is 23.7 Å². The molecule has 0 atom stereocenters. The third-order valence-corrected chi connectivity index (χ3v) is 6.31. The maximum atomic E-state index is 13.3. The number of hydrogen-bond donors (Lipinski definition) is 1. The number of carbonyl (C=O) groups is 1. The summed E-state index contributed by atoms with van der Waals surface area (Å²) >= 11 is 5.99. The molecule has 1 aliphatic heterocycles. The summed E-state index contributed by atoms with van der Waals surface area (Å²) in [6.07, 6.45) is -0.751. The van der Waals surface area contributed by atoms with Crippen molar-refractivity contribution in [1.29, 1.82) is 0 Å². The van der Waals surface area contributed by atoms with Crippen molar-refractivity contribution in [2.75, 3.05) is 13.2 Å². The summed E-state index contributed by atoms with van der Waals surface area (Å²) in [5, 5.41) is 7.34. The van der Waals surface area contributed by atoms with E-state index in [1.807, 2.05) is 12.1 Å². The molecule has 1 aromatic carbocycles. The summed E-state index contributed by atoms with van der Waals surface area (Å²) in [7, 11) is 0. The topological polar surface area (TPSA) is 56.2 Å². The van der Waals surface area contributed by atoms with Crippen LogP contribution in [-0.4, -0.2) is 28.8 Å². The molecule has 0 saturated heterocycles. The number of amides is 1. The van der Waals surface area contributed by atoms with Crippen molar-refractivity contribution in [2.24, 2.45) is 0 Å². The minimum Gasteiger partial charge on any atom is -0.376 e. The standard InChI is InChI=1S/C21H23ClF3N3O2/c22-15-5-3-14(4-6-15)20(8-1-2-9-20)19(29)26-10-11-28-17-7-12-30-13-16(17)18(27-28)21(23,24)25/h3-6H,1-2,7-13H2,(H,26,29). The fraction of sp³-hybridized carbons (Fsp3) is 0.524. The van der Waals surface area contributed by atoms with Crippen LogP contribution in [0.2, 0.25) is 5.02 Å². The first-order valence-corrected chi connectivity index (χ1v) is 10.5. The minimum atomic E-state index is -4.53. The zero-order valence-electron chi connectivity index (χ0n) is 16.4. The fourth-order valence-corrected chi connectivity index (χ4v) is 4.69. The zero-order valence-corrected chi connectivity index (χ0v) is 17.2. The Bertz CT molecular complexity index is 919. The number of hydrogen-bond acceptors (Lipinski definition) is 3. The Kier molecular flexibility index (Phi) is 5.81. The van der Waals surface area contributed by atoms with E-state index in [1.54, 1.807) is 12.1 Å². The normalized spacial score (nSPS) is 18.3. The van der Waals surface area contributed by atoms with E-state index in [0.717, 1.165) is 31.2 Å². The minimum absolute atomic E-state index is 0.0871. The van der Waals surface area contributed by atoms with E-state index in [9.17, 15) is 18.0 Å². The lowest BCUT2D eigenvalue weighted by atomic mass is 9.78. The van der Waals surface area contributed by atoms with E-state index in [4.69, 9.17) is 16.3 Å². The van der Waals surface area contributed by atoms with Gasteiger partial charge in [-0.1, -0.05) is 36.6 Å². The quantitative estimate of drug-likeness (QED) is 0.754. The molecule has 30 heavy (non-hydrogen) atoms. The number of rotatable bonds is 5. The molecule has 0 bridgehead atoms. The molecule has 9 heteroatoms. The first kappa shape index (κ1) is 21.2. The predicted molar refractivity (Wildman–Crippen MR) is 105 cm³/mol. The van der Waals surface area contributed by atoms with E-state index in [-0.39, 0.29) is 31.2 Å². The molecule has 2 aliphatic rings. The van der Waals surface area contributed by atoms with Gasteiger partial charge in [0.1, 0.15) is 0 Å². The summed E-state index contributed by atoms with van der Waals surface area (Å²) in [5.41, 5.74) is 0.0653. The molecule has 0 radical (unpaired) electrons. The van der Waals surface area contributed by atoms with Gasteiger partial charge in [-0.3, -0.25) is 9.48 Å². The molecular weight excluding hydrogens is 419 g/mol. The molecule has 162 valence electrons. The molecule has 0 unspecified atom stereocenters. The van der Waals surface area contributed by atoms with Crippen LogP contribution < -0.4 is 5.32 Å². The van der Waals surface area contributed by atoms with Gasteiger partial charge in [0.25, 0.3) is 0 Å². The van der Waals surface area contributed by atoms with Gasteiger partial charge in [0.05, 0.1) is 25.2 Å². The Morgan fingerprint density at radius 3 is 2.60 bits per heavy atom. The highest BCUT2D eigenvalue weighted by Gasteiger charge is 2.43. The molecule has 1 amide bonds. The van der Waals surface area contributed by atoms with E-state index in [1.165, 1.54) is 4.68 Å². The van der Waals surface area contributed by atoms with Crippen LogP contribution in [0.1, 0.15) is 48.2 Å².